The van der Waals surface area contributed by atoms with E-state index in [1.165, 1.54) is 31.2 Å². The molecule has 0 aliphatic carbocycles. The summed E-state index contributed by atoms with van der Waals surface area (Å²) in [5.74, 6) is -1.39. The van der Waals surface area contributed by atoms with E-state index in [1.54, 1.807) is 0 Å². The molecule has 0 aliphatic heterocycles. The van der Waals surface area contributed by atoms with Crippen LogP contribution in [0.4, 0.5) is 17.1 Å². The summed E-state index contributed by atoms with van der Waals surface area (Å²) in [6.07, 6.45) is 0. The van der Waals surface area contributed by atoms with E-state index in [0.717, 1.165) is 12.1 Å². The fraction of sp³-hybridized carbons (Fsp3) is 0.0667. The van der Waals surface area contributed by atoms with Crippen LogP contribution in [0.2, 0.25) is 0 Å². The van der Waals surface area contributed by atoms with Crippen molar-refractivity contribution >= 4 is 29.0 Å². The van der Waals surface area contributed by atoms with Crippen LogP contribution in [0, 0.1) is 27.2 Å². The molecule has 4 N–H and O–H groups in total. The Labute approximate surface area is 146 Å². The lowest BCUT2D eigenvalue weighted by atomic mass is 10.1. The van der Waals surface area contributed by atoms with Crippen LogP contribution in [0.25, 0.3) is 0 Å². The lowest BCUT2D eigenvalue weighted by Gasteiger charge is -2.08. The molecule has 0 saturated heterocycles. The molecule has 0 saturated carbocycles. The molecule has 134 valence electrons. The lowest BCUT2D eigenvalue weighted by Crippen LogP contribution is -2.21. The first-order valence-corrected chi connectivity index (χ1v) is 7.04. The summed E-state index contributed by atoms with van der Waals surface area (Å²) >= 11 is 0. The Kier molecular flexibility index (Phi) is 5.11. The van der Waals surface area contributed by atoms with E-state index in [2.05, 4.69) is 4.99 Å². The van der Waals surface area contributed by atoms with Crippen molar-refractivity contribution in [3.8, 4) is 5.75 Å². The molecule has 2 rings (SSSR count). The van der Waals surface area contributed by atoms with E-state index >= 15 is 0 Å². The first-order chi connectivity index (χ1) is 12.2. The predicted molar refractivity (Wildman–Crippen MR) is 91.4 cm³/mol. The number of hydrogen-bond donors (Lipinski definition) is 2. The highest BCUT2D eigenvalue weighted by molar-refractivity contribution is 5.92. The summed E-state index contributed by atoms with van der Waals surface area (Å²) in [5, 5.41) is 22.0. The normalized spacial score (nSPS) is 10.0. The van der Waals surface area contributed by atoms with Gasteiger partial charge in [0.15, 0.2) is 5.96 Å². The second-order valence-electron chi connectivity index (χ2n) is 5.10. The molecule has 0 heterocycles. The Morgan fingerprint density at radius 3 is 2.19 bits per heavy atom. The number of rotatable bonds is 5. The quantitative estimate of drug-likeness (QED) is 0.203. The number of aliphatic imine (C=N–C) groups is 1. The predicted octanol–water partition coefficient (Wildman–Crippen LogP) is 1.94. The monoisotopic (exact) mass is 359 g/mol. The molecular formula is C15H13N5O6. The van der Waals surface area contributed by atoms with Gasteiger partial charge in [-0.3, -0.25) is 20.2 Å². The van der Waals surface area contributed by atoms with Gasteiger partial charge in [0.1, 0.15) is 0 Å². The number of esters is 1. The molecular weight excluding hydrogens is 346 g/mol. The van der Waals surface area contributed by atoms with Crippen LogP contribution >= 0.6 is 0 Å². The number of carbonyl (C=O) groups excluding carboxylic acids is 1. The minimum Gasteiger partial charge on any atom is -0.415 e. The standard InChI is InChI=1S/C15H13N5O6/c1-8-6-11(19(22)23)7-12(20(24)25)13(8)26-14(21)9-2-4-10(5-3-9)18-15(16)17/h2-7H,1H3,(H4,16,17,18). The molecule has 0 aliphatic rings. The molecule has 0 aromatic heterocycles. The van der Waals surface area contributed by atoms with Crippen molar-refractivity contribution in [3.63, 3.8) is 0 Å². The zero-order valence-corrected chi connectivity index (χ0v) is 13.4. The first-order valence-electron chi connectivity index (χ1n) is 7.04. The summed E-state index contributed by atoms with van der Waals surface area (Å²) in [6.45, 7) is 1.37. The van der Waals surface area contributed by atoms with Crippen molar-refractivity contribution in [1.82, 2.24) is 0 Å². The number of ether oxygens (including phenoxy) is 1. The van der Waals surface area contributed by atoms with Crippen molar-refractivity contribution in [2.45, 2.75) is 6.92 Å². The van der Waals surface area contributed by atoms with E-state index in [0.29, 0.717) is 5.69 Å². The fourth-order valence-corrected chi connectivity index (χ4v) is 2.08. The van der Waals surface area contributed by atoms with Crippen LogP contribution in [-0.4, -0.2) is 21.8 Å². The number of nitro groups is 2. The minimum absolute atomic E-state index is 0.0800. The van der Waals surface area contributed by atoms with Crippen LogP contribution in [0.5, 0.6) is 5.75 Å². The number of hydrogen-bond acceptors (Lipinski definition) is 7. The van der Waals surface area contributed by atoms with Gasteiger partial charge in [-0.25, -0.2) is 9.79 Å². The number of benzene rings is 2. The lowest BCUT2D eigenvalue weighted by molar-refractivity contribution is -0.394. The molecule has 0 amide bonds. The first kappa shape index (κ1) is 18.3. The smallest absolute Gasteiger partial charge is 0.343 e. The van der Waals surface area contributed by atoms with Crippen LogP contribution in [0.1, 0.15) is 15.9 Å². The molecule has 26 heavy (non-hydrogen) atoms. The van der Waals surface area contributed by atoms with Gasteiger partial charge in [-0.15, -0.1) is 0 Å². The highest BCUT2D eigenvalue weighted by Gasteiger charge is 2.26. The third-order valence-electron chi connectivity index (χ3n) is 3.20. The Bertz CT molecular complexity index is 919. The number of nitro benzene ring substituents is 2. The fourth-order valence-electron chi connectivity index (χ4n) is 2.08. The number of nitrogens with two attached hydrogens (primary N) is 2. The van der Waals surface area contributed by atoms with E-state index < -0.39 is 27.2 Å². The molecule has 11 nitrogen and oxygen atoms in total. The van der Waals surface area contributed by atoms with Gasteiger partial charge in [0.05, 0.1) is 27.2 Å². The van der Waals surface area contributed by atoms with Crippen LogP contribution in [-0.2, 0) is 0 Å². The van der Waals surface area contributed by atoms with Gasteiger partial charge in [-0.05, 0) is 31.2 Å². The van der Waals surface area contributed by atoms with Gasteiger partial charge >= 0.3 is 11.7 Å². The van der Waals surface area contributed by atoms with E-state index in [4.69, 9.17) is 16.2 Å². The highest BCUT2D eigenvalue weighted by atomic mass is 16.6. The number of carbonyl (C=O) groups is 1. The summed E-state index contributed by atoms with van der Waals surface area (Å²) in [4.78, 5) is 36.4. The number of nitrogens with zero attached hydrogens (tertiary/aromatic N) is 3. The van der Waals surface area contributed by atoms with E-state index in [-0.39, 0.29) is 22.8 Å². The Morgan fingerprint density at radius 2 is 1.69 bits per heavy atom. The van der Waals surface area contributed by atoms with Gasteiger partial charge in [0.2, 0.25) is 5.75 Å². The van der Waals surface area contributed by atoms with Gasteiger partial charge in [0.25, 0.3) is 5.69 Å². The topological polar surface area (TPSA) is 177 Å². The maximum Gasteiger partial charge on any atom is 0.343 e. The summed E-state index contributed by atoms with van der Waals surface area (Å²) in [5.41, 5.74) is 9.90. The molecule has 0 bridgehead atoms. The number of guanidine groups is 1. The minimum atomic E-state index is -0.874. The van der Waals surface area contributed by atoms with Gasteiger partial charge in [-0.2, -0.15) is 0 Å². The summed E-state index contributed by atoms with van der Waals surface area (Å²) in [6, 6.07) is 7.46. The highest BCUT2D eigenvalue weighted by Crippen LogP contribution is 2.35. The average Bonchev–Trinajstić information content (AvgIpc) is 2.56. The second-order valence-corrected chi connectivity index (χ2v) is 5.10. The largest absolute Gasteiger partial charge is 0.415 e. The SMILES string of the molecule is Cc1cc([N+](=O)[O-])cc([N+](=O)[O-])c1OC(=O)c1ccc(N=C(N)N)cc1. The van der Waals surface area contributed by atoms with Crippen molar-refractivity contribution in [3.05, 3.63) is 67.8 Å². The average molecular weight is 359 g/mol. The number of aryl methyl sites for hydroxylation is 1. The maximum atomic E-state index is 12.2. The molecule has 0 fully saturated rings. The third-order valence-corrected chi connectivity index (χ3v) is 3.20. The Hall–Kier alpha value is -4.02. The van der Waals surface area contributed by atoms with Gasteiger partial charge < -0.3 is 16.2 Å². The molecule has 2 aromatic carbocycles. The molecule has 0 atom stereocenters. The molecule has 0 unspecified atom stereocenters. The van der Waals surface area contributed by atoms with Crippen LogP contribution < -0.4 is 16.2 Å². The van der Waals surface area contributed by atoms with Gasteiger partial charge in [0, 0.05) is 11.6 Å². The van der Waals surface area contributed by atoms with Crippen molar-refractivity contribution in [2.75, 3.05) is 0 Å². The van der Waals surface area contributed by atoms with E-state index in [1.807, 2.05) is 0 Å². The number of non-ortho nitro benzene ring substituents is 1. The zero-order chi connectivity index (χ0) is 19.4. The van der Waals surface area contributed by atoms with Crippen LogP contribution in [0.15, 0.2) is 41.4 Å². The third kappa shape index (κ3) is 4.08. The second kappa shape index (κ2) is 7.25. The van der Waals surface area contributed by atoms with Crippen molar-refractivity contribution in [2.24, 2.45) is 16.5 Å². The van der Waals surface area contributed by atoms with Gasteiger partial charge in [-0.1, -0.05) is 0 Å². The molecule has 0 radical (unpaired) electrons. The Morgan fingerprint density at radius 1 is 1.08 bits per heavy atom. The Balaban J connectivity index is 2.35. The maximum absolute atomic E-state index is 12.2. The summed E-state index contributed by atoms with van der Waals surface area (Å²) < 4.78 is 5.09. The molecule has 0 spiro atoms. The van der Waals surface area contributed by atoms with Crippen LogP contribution in [0.3, 0.4) is 0 Å². The zero-order valence-electron chi connectivity index (χ0n) is 13.4. The molecule has 11 heteroatoms. The summed E-state index contributed by atoms with van der Waals surface area (Å²) in [7, 11) is 0. The molecule has 2 aromatic rings. The van der Waals surface area contributed by atoms with E-state index in [9.17, 15) is 25.0 Å². The van der Waals surface area contributed by atoms with Crippen molar-refractivity contribution < 1.29 is 19.4 Å². The van der Waals surface area contributed by atoms with Crippen molar-refractivity contribution in [1.29, 1.82) is 0 Å².